The quantitative estimate of drug-likeness (QED) is 0.697. The number of carbonyl (C=O) groups is 1. The Morgan fingerprint density at radius 3 is 2.31 bits per heavy atom. The molecule has 0 radical (unpaired) electrons. The smallest absolute Gasteiger partial charge is 0.251 e. The van der Waals surface area contributed by atoms with Crippen LogP contribution in [-0.4, -0.2) is 31.7 Å². The third-order valence-corrected chi connectivity index (χ3v) is 8.89. The molecular weight excluding hydrogens is 420 g/mol. The van der Waals surface area contributed by atoms with Gasteiger partial charge in [0.2, 0.25) is 10.0 Å². The van der Waals surface area contributed by atoms with Crippen molar-refractivity contribution < 1.29 is 13.2 Å². The number of fused-ring (bicyclic) bond motifs is 1. The van der Waals surface area contributed by atoms with Crippen LogP contribution in [0.3, 0.4) is 0 Å². The summed E-state index contributed by atoms with van der Waals surface area (Å²) in [6.07, 6.45) is 8.59. The number of nitrogens with zero attached hydrogens (tertiary/aromatic N) is 1. The van der Waals surface area contributed by atoms with Crippen LogP contribution in [0.15, 0.2) is 41.3 Å². The maximum atomic E-state index is 13.3. The zero-order valence-corrected chi connectivity index (χ0v) is 20.0. The number of amides is 1. The van der Waals surface area contributed by atoms with Crippen molar-refractivity contribution in [3.63, 3.8) is 0 Å². The molecule has 1 saturated heterocycles. The molecule has 1 atom stereocenters. The predicted molar refractivity (Wildman–Crippen MR) is 127 cm³/mol. The van der Waals surface area contributed by atoms with Gasteiger partial charge in [-0.15, -0.1) is 0 Å². The van der Waals surface area contributed by atoms with E-state index in [1.807, 2.05) is 6.92 Å². The van der Waals surface area contributed by atoms with E-state index in [1.165, 1.54) is 24.0 Å². The van der Waals surface area contributed by atoms with Gasteiger partial charge in [-0.2, -0.15) is 4.31 Å². The first kappa shape index (κ1) is 23.0. The van der Waals surface area contributed by atoms with Crippen molar-refractivity contribution in [3.05, 3.63) is 64.2 Å². The molecule has 0 saturated carbocycles. The highest BCUT2D eigenvalue weighted by atomic mass is 32.2. The molecule has 0 unspecified atom stereocenters. The van der Waals surface area contributed by atoms with Crippen LogP contribution in [0.1, 0.15) is 84.1 Å². The molecule has 1 amide bonds. The van der Waals surface area contributed by atoms with Gasteiger partial charge in [-0.05, 0) is 86.8 Å². The summed E-state index contributed by atoms with van der Waals surface area (Å²) in [4.78, 5) is 13.3. The monoisotopic (exact) mass is 454 g/mol. The van der Waals surface area contributed by atoms with Crippen LogP contribution in [0, 0.1) is 6.92 Å². The molecule has 2 aliphatic rings. The highest BCUT2D eigenvalue weighted by Gasteiger charge is 2.27. The van der Waals surface area contributed by atoms with E-state index < -0.39 is 10.0 Å². The normalized spacial score (nSPS) is 18.4. The van der Waals surface area contributed by atoms with Crippen molar-refractivity contribution in [1.29, 1.82) is 0 Å². The second kappa shape index (κ2) is 9.75. The number of nitrogens with one attached hydrogen (secondary N) is 1. The van der Waals surface area contributed by atoms with Gasteiger partial charge in [-0.1, -0.05) is 37.1 Å². The number of aryl methyl sites for hydroxylation is 3. The first-order chi connectivity index (χ1) is 15.4. The highest BCUT2D eigenvalue weighted by Crippen LogP contribution is 2.26. The lowest BCUT2D eigenvalue weighted by molar-refractivity contribution is 0.0939. The Balaban J connectivity index is 1.53. The van der Waals surface area contributed by atoms with Crippen LogP contribution in [0.25, 0.3) is 0 Å². The van der Waals surface area contributed by atoms with E-state index in [0.29, 0.717) is 24.2 Å². The maximum Gasteiger partial charge on any atom is 0.251 e. The van der Waals surface area contributed by atoms with Crippen molar-refractivity contribution in [2.24, 2.45) is 0 Å². The molecule has 1 heterocycles. The molecule has 32 heavy (non-hydrogen) atoms. The fourth-order valence-electron chi connectivity index (χ4n) is 4.83. The minimum atomic E-state index is -3.61. The summed E-state index contributed by atoms with van der Waals surface area (Å²) in [5.41, 5.74) is 4.95. The molecular formula is C26H34N2O3S. The van der Waals surface area contributed by atoms with E-state index in [1.54, 1.807) is 29.4 Å². The second-order valence-corrected chi connectivity index (χ2v) is 11.1. The van der Waals surface area contributed by atoms with Gasteiger partial charge in [0.05, 0.1) is 10.9 Å². The number of rotatable bonds is 5. The number of carbonyl (C=O) groups excluding carboxylic acids is 1. The highest BCUT2D eigenvalue weighted by molar-refractivity contribution is 7.89. The molecule has 4 rings (SSSR count). The van der Waals surface area contributed by atoms with Crippen molar-refractivity contribution in [2.45, 2.75) is 76.2 Å². The van der Waals surface area contributed by atoms with Gasteiger partial charge in [0.15, 0.2) is 0 Å². The van der Waals surface area contributed by atoms with Gasteiger partial charge < -0.3 is 5.32 Å². The maximum absolute atomic E-state index is 13.3. The summed E-state index contributed by atoms with van der Waals surface area (Å²) in [5, 5.41) is 3.06. The first-order valence-corrected chi connectivity index (χ1v) is 13.3. The van der Waals surface area contributed by atoms with Crippen LogP contribution in [0.2, 0.25) is 0 Å². The van der Waals surface area contributed by atoms with Crippen LogP contribution < -0.4 is 5.32 Å². The molecule has 172 valence electrons. The van der Waals surface area contributed by atoms with E-state index >= 15 is 0 Å². The second-order valence-electron chi connectivity index (χ2n) is 9.23. The number of sulfonamides is 1. The molecule has 1 fully saturated rings. The molecule has 0 bridgehead atoms. The van der Waals surface area contributed by atoms with E-state index in [-0.39, 0.29) is 16.8 Å². The zero-order chi connectivity index (χ0) is 22.7. The molecule has 0 aromatic heterocycles. The molecule has 1 aliphatic carbocycles. The number of benzene rings is 2. The van der Waals surface area contributed by atoms with Crippen molar-refractivity contribution in [3.8, 4) is 0 Å². The van der Waals surface area contributed by atoms with E-state index in [0.717, 1.165) is 44.1 Å². The summed E-state index contributed by atoms with van der Waals surface area (Å²) in [5.74, 6) is -0.248. The largest absolute Gasteiger partial charge is 0.346 e. The van der Waals surface area contributed by atoms with Gasteiger partial charge in [0.1, 0.15) is 0 Å². The van der Waals surface area contributed by atoms with E-state index in [9.17, 15) is 13.2 Å². The Hall–Kier alpha value is -2.18. The van der Waals surface area contributed by atoms with Gasteiger partial charge in [-0.3, -0.25) is 4.79 Å². The molecule has 2 aromatic carbocycles. The Kier molecular flexibility index (Phi) is 7.01. The molecule has 5 nitrogen and oxygen atoms in total. The molecule has 1 aliphatic heterocycles. The van der Waals surface area contributed by atoms with E-state index in [2.05, 4.69) is 23.5 Å². The first-order valence-electron chi connectivity index (χ1n) is 11.9. The summed E-state index contributed by atoms with van der Waals surface area (Å²) in [6, 6.07) is 11.3. The minimum Gasteiger partial charge on any atom is -0.346 e. The Morgan fingerprint density at radius 2 is 1.59 bits per heavy atom. The summed E-state index contributed by atoms with van der Waals surface area (Å²) >= 11 is 0. The standard InChI is InChI=1S/C26H34N2O3S/c1-19-11-12-24(18-25(19)32(30,31)28-15-7-3-4-8-16-28)26(29)27-20(2)22-14-13-21-9-5-6-10-23(21)17-22/h11-14,17-18,20H,3-10,15-16H2,1-2H3,(H,27,29)/t20-/m1/s1. The van der Waals surface area contributed by atoms with Gasteiger partial charge in [0, 0.05) is 18.7 Å². The van der Waals surface area contributed by atoms with Crippen LogP contribution >= 0.6 is 0 Å². The van der Waals surface area contributed by atoms with Crippen molar-refractivity contribution in [2.75, 3.05) is 13.1 Å². The average molecular weight is 455 g/mol. The van der Waals surface area contributed by atoms with Crippen molar-refractivity contribution in [1.82, 2.24) is 9.62 Å². The predicted octanol–water partition coefficient (Wildman–Crippen LogP) is 4.93. The summed E-state index contributed by atoms with van der Waals surface area (Å²) in [7, 11) is -3.61. The SMILES string of the molecule is Cc1ccc(C(=O)N[C@H](C)c2ccc3c(c2)CCCC3)cc1S(=O)(=O)N1CCCCCC1. The molecule has 6 heteroatoms. The number of hydrogen-bond donors (Lipinski definition) is 1. The van der Waals surface area contributed by atoms with Gasteiger partial charge in [-0.25, -0.2) is 8.42 Å². The third kappa shape index (κ3) is 4.91. The van der Waals surface area contributed by atoms with Crippen molar-refractivity contribution >= 4 is 15.9 Å². The molecule has 0 spiro atoms. The average Bonchev–Trinajstić information content (AvgIpc) is 3.09. The van der Waals surface area contributed by atoms with Crippen LogP contribution in [-0.2, 0) is 22.9 Å². The van der Waals surface area contributed by atoms with Gasteiger partial charge in [0.25, 0.3) is 5.91 Å². The Morgan fingerprint density at radius 1 is 0.906 bits per heavy atom. The molecule has 1 N–H and O–H groups in total. The van der Waals surface area contributed by atoms with Gasteiger partial charge >= 0.3 is 0 Å². The van der Waals surface area contributed by atoms with Crippen LogP contribution in [0.5, 0.6) is 0 Å². The third-order valence-electron chi connectivity index (χ3n) is 6.85. The lowest BCUT2D eigenvalue weighted by Crippen LogP contribution is -2.33. The zero-order valence-electron chi connectivity index (χ0n) is 19.2. The Labute approximate surface area is 192 Å². The fourth-order valence-corrected chi connectivity index (χ4v) is 6.59. The molecule has 2 aromatic rings. The minimum absolute atomic E-state index is 0.151. The van der Waals surface area contributed by atoms with Crippen LogP contribution in [0.4, 0.5) is 0 Å². The van der Waals surface area contributed by atoms with E-state index in [4.69, 9.17) is 0 Å². The fraction of sp³-hybridized carbons (Fsp3) is 0.500. The number of hydrogen-bond acceptors (Lipinski definition) is 3. The lowest BCUT2D eigenvalue weighted by Gasteiger charge is -2.22. The summed E-state index contributed by atoms with van der Waals surface area (Å²) in [6.45, 7) is 4.87. The summed E-state index contributed by atoms with van der Waals surface area (Å²) < 4.78 is 28.2. The lowest BCUT2D eigenvalue weighted by atomic mass is 9.89. The topological polar surface area (TPSA) is 66.5 Å². The Bertz CT molecular complexity index is 1090.